The molecule has 0 saturated carbocycles. The van der Waals surface area contributed by atoms with Crippen LogP contribution in [0.1, 0.15) is 5.56 Å². The second-order valence-corrected chi connectivity index (χ2v) is 8.30. The van der Waals surface area contributed by atoms with Gasteiger partial charge >= 0.3 is 29.6 Å². The summed E-state index contributed by atoms with van der Waals surface area (Å²) < 4.78 is 47.3. The molecule has 0 atom stereocenters. The molecule has 1 aromatic heterocycles. The van der Waals surface area contributed by atoms with Crippen LogP contribution in [0.25, 0.3) is 22.0 Å². The fraction of sp³-hybridized carbons (Fsp3) is 0.0455. The van der Waals surface area contributed by atoms with Gasteiger partial charge in [0.25, 0.3) is 10.1 Å². The summed E-state index contributed by atoms with van der Waals surface area (Å²) in [6.07, 6.45) is 1.42. The fourth-order valence-electron chi connectivity index (χ4n) is 3.20. The molecule has 4 aromatic rings. The van der Waals surface area contributed by atoms with Crippen LogP contribution in [0.15, 0.2) is 82.0 Å². The third-order valence-electron chi connectivity index (χ3n) is 4.72. The molecule has 0 unspecified atom stereocenters. The number of anilines is 1. The molecule has 10 heteroatoms. The van der Waals surface area contributed by atoms with E-state index >= 15 is 0 Å². The number of pyridine rings is 1. The minimum atomic E-state index is -4.50. The number of hydrogen-bond acceptors (Lipinski definition) is 6. The number of nitrogens with two attached hydrogens (primary N) is 1. The number of azo groups is 1. The maximum atomic E-state index is 14.1. The number of hydrogen-bond donors (Lipinski definition) is 2. The van der Waals surface area contributed by atoms with E-state index in [1.807, 2.05) is 6.92 Å². The molecule has 7 nitrogen and oxygen atoms in total. The first-order valence-electron chi connectivity index (χ1n) is 9.17. The van der Waals surface area contributed by atoms with Crippen LogP contribution in [0.3, 0.4) is 0 Å². The molecular weight excluding hydrogens is 442 g/mol. The Balaban J connectivity index is 0.00000289. The van der Waals surface area contributed by atoms with Gasteiger partial charge in [-0.3, -0.25) is 9.54 Å². The third kappa shape index (κ3) is 4.87. The van der Waals surface area contributed by atoms with E-state index in [4.69, 9.17) is 5.73 Å². The van der Waals surface area contributed by atoms with Crippen molar-refractivity contribution in [2.45, 2.75) is 11.8 Å². The Hall–Kier alpha value is -2.69. The number of fused-ring (bicyclic) bond motifs is 1. The van der Waals surface area contributed by atoms with E-state index < -0.39 is 10.1 Å². The van der Waals surface area contributed by atoms with Crippen molar-refractivity contribution in [3.63, 3.8) is 0 Å². The Labute approximate surface area is 206 Å². The molecule has 1 heterocycles. The fourth-order valence-corrected chi connectivity index (χ4v) is 3.91. The van der Waals surface area contributed by atoms with Crippen LogP contribution >= 0.6 is 0 Å². The number of aromatic nitrogens is 1. The van der Waals surface area contributed by atoms with Crippen LogP contribution in [-0.4, -0.2) is 47.5 Å². The number of aryl methyl sites for hydroxylation is 1. The van der Waals surface area contributed by atoms with Gasteiger partial charge in [-0.05, 0) is 37.3 Å². The molecule has 0 amide bonds. The maximum absolute atomic E-state index is 14.1. The molecule has 0 radical (unpaired) electrons. The summed E-state index contributed by atoms with van der Waals surface area (Å²) in [5, 5.41) is 8.81. The van der Waals surface area contributed by atoms with Gasteiger partial charge in [0.2, 0.25) is 0 Å². The zero-order valence-electron chi connectivity index (χ0n) is 16.3. The van der Waals surface area contributed by atoms with Crippen LogP contribution in [0, 0.1) is 12.7 Å². The van der Waals surface area contributed by atoms with Crippen molar-refractivity contribution in [3.05, 3.63) is 78.2 Å². The predicted octanol–water partition coefficient (Wildman–Crippen LogP) is 4.95. The van der Waals surface area contributed by atoms with Gasteiger partial charge in [0.15, 0.2) is 0 Å². The first kappa shape index (κ1) is 24.0. The molecule has 0 aliphatic heterocycles. The Bertz CT molecular complexity index is 1440. The molecule has 158 valence electrons. The number of benzene rings is 3. The van der Waals surface area contributed by atoms with Crippen molar-refractivity contribution in [1.29, 1.82) is 0 Å². The Morgan fingerprint density at radius 2 is 1.72 bits per heavy atom. The van der Waals surface area contributed by atoms with Gasteiger partial charge in [-0.2, -0.15) is 8.42 Å². The molecule has 32 heavy (non-hydrogen) atoms. The molecule has 0 spiro atoms. The summed E-state index contributed by atoms with van der Waals surface area (Å²) in [6.45, 7) is 1.86. The molecule has 0 aliphatic rings. The predicted molar refractivity (Wildman–Crippen MR) is 124 cm³/mol. The van der Waals surface area contributed by atoms with E-state index in [9.17, 15) is 17.4 Å². The van der Waals surface area contributed by atoms with Gasteiger partial charge in [-0.1, -0.05) is 35.9 Å². The Morgan fingerprint density at radius 1 is 1.00 bits per heavy atom. The third-order valence-corrected chi connectivity index (χ3v) is 5.62. The van der Waals surface area contributed by atoms with Gasteiger partial charge in [-0.25, -0.2) is 4.39 Å². The average molecular weight is 460 g/mol. The monoisotopic (exact) mass is 460 g/mol. The molecule has 0 bridgehead atoms. The van der Waals surface area contributed by atoms with E-state index in [0.717, 1.165) is 5.56 Å². The Kier molecular flexibility index (Phi) is 7.06. The SMILES string of the molecule is Cc1ccc(F)c(-c2ccc(N=Nc3cc(S(=O)(=O)O)c4ccccc4c3N)cn2)c1.[NaH]. The first-order valence-corrected chi connectivity index (χ1v) is 10.6. The van der Waals surface area contributed by atoms with Gasteiger partial charge in [0.05, 0.1) is 17.6 Å². The van der Waals surface area contributed by atoms with Gasteiger partial charge in [0.1, 0.15) is 22.1 Å². The van der Waals surface area contributed by atoms with Crippen LogP contribution < -0.4 is 5.73 Å². The van der Waals surface area contributed by atoms with Crippen LogP contribution in [0.2, 0.25) is 0 Å². The summed E-state index contributed by atoms with van der Waals surface area (Å²) in [4.78, 5) is 3.92. The van der Waals surface area contributed by atoms with Crippen molar-refractivity contribution in [3.8, 4) is 11.3 Å². The van der Waals surface area contributed by atoms with Crippen molar-refractivity contribution < 1.29 is 17.4 Å². The van der Waals surface area contributed by atoms with E-state index in [0.29, 0.717) is 22.3 Å². The average Bonchev–Trinajstić information content (AvgIpc) is 2.75. The van der Waals surface area contributed by atoms with Crippen molar-refractivity contribution in [2.24, 2.45) is 10.2 Å². The number of nitrogen functional groups attached to an aromatic ring is 1. The Morgan fingerprint density at radius 3 is 2.38 bits per heavy atom. The van der Waals surface area contributed by atoms with E-state index in [-0.39, 0.29) is 57.0 Å². The number of rotatable bonds is 4. The molecule has 3 N–H and O–H groups in total. The summed E-state index contributed by atoms with van der Waals surface area (Å²) in [5.74, 6) is -0.380. The quantitative estimate of drug-likeness (QED) is 0.193. The van der Waals surface area contributed by atoms with E-state index in [1.54, 1.807) is 48.5 Å². The van der Waals surface area contributed by atoms with E-state index in [1.165, 1.54) is 18.3 Å². The summed E-state index contributed by atoms with van der Waals surface area (Å²) in [7, 11) is -4.50. The number of halogens is 1. The first-order chi connectivity index (χ1) is 14.7. The molecule has 4 rings (SSSR count). The van der Waals surface area contributed by atoms with Gasteiger partial charge in [0, 0.05) is 16.3 Å². The van der Waals surface area contributed by atoms with Gasteiger partial charge < -0.3 is 5.73 Å². The topological polar surface area (TPSA) is 118 Å². The van der Waals surface area contributed by atoms with Crippen molar-refractivity contribution >= 4 is 67.5 Å². The van der Waals surface area contributed by atoms with E-state index in [2.05, 4.69) is 15.2 Å². The molecular formula is C22H18FN4NaO3S. The zero-order chi connectivity index (χ0) is 22.2. The zero-order valence-corrected chi connectivity index (χ0v) is 17.1. The standard InChI is InChI=1S/C22H17FN4O3S.Na.H/c1-13-6-8-18(23)17(10-13)19-9-7-14(12-25-19)26-27-20-11-21(31(28,29)30)15-4-2-3-5-16(15)22(20)24;;/h2-12H,24H2,1H3,(H,28,29,30);;. The van der Waals surface area contributed by atoms with Crippen LogP contribution in [-0.2, 0) is 10.1 Å². The summed E-state index contributed by atoms with van der Waals surface area (Å²) in [5.41, 5.74) is 8.53. The normalized spacial score (nSPS) is 11.6. The van der Waals surface area contributed by atoms with Crippen molar-refractivity contribution in [1.82, 2.24) is 4.98 Å². The van der Waals surface area contributed by atoms with Crippen LogP contribution in [0.4, 0.5) is 21.5 Å². The molecule has 0 saturated heterocycles. The second-order valence-electron chi connectivity index (χ2n) is 6.91. The molecule has 3 aromatic carbocycles. The summed E-state index contributed by atoms with van der Waals surface area (Å²) >= 11 is 0. The summed E-state index contributed by atoms with van der Waals surface area (Å²) in [6, 6.07) is 15.7. The van der Waals surface area contributed by atoms with Crippen molar-refractivity contribution in [2.75, 3.05) is 5.73 Å². The second kappa shape index (κ2) is 9.43. The number of nitrogens with zero attached hydrogens (tertiary/aromatic N) is 3. The minimum absolute atomic E-state index is 0. The van der Waals surface area contributed by atoms with Gasteiger partial charge in [-0.15, -0.1) is 10.2 Å². The van der Waals surface area contributed by atoms with Crippen LogP contribution in [0.5, 0.6) is 0 Å². The molecule has 0 fully saturated rings. The molecule has 0 aliphatic carbocycles.